The van der Waals surface area contributed by atoms with E-state index in [9.17, 15) is 18.0 Å². The molecular weight excluding hydrogens is 355 g/mol. The van der Waals surface area contributed by atoms with Crippen LogP contribution in [0.15, 0.2) is 24.3 Å². The summed E-state index contributed by atoms with van der Waals surface area (Å²) < 4.78 is 45.9. The van der Waals surface area contributed by atoms with Crippen molar-refractivity contribution in [1.82, 2.24) is 0 Å². The van der Waals surface area contributed by atoms with E-state index >= 15 is 0 Å². The predicted octanol–water partition coefficient (Wildman–Crippen LogP) is 5.16. The zero-order valence-electron chi connectivity index (χ0n) is 14.2. The highest BCUT2D eigenvalue weighted by atomic mass is 32.1. The van der Waals surface area contributed by atoms with Gasteiger partial charge in [-0.1, -0.05) is 0 Å². The molecule has 0 spiro atoms. The number of ether oxygens (including phenoxy) is 2. The van der Waals surface area contributed by atoms with E-state index in [0.29, 0.717) is 21.0 Å². The zero-order chi connectivity index (χ0) is 19.0. The molecule has 2 aromatic rings. The molecule has 0 amide bonds. The van der Waals surface area contributed by atoms with Gasteiger partial charge in [-0.05, 0) is 63.1 Å². The minimum Gasteiger partial charge on any atom is -0.456 e. The van der Waals surface area contributed by atoms with Crippen LogP contribution < -0.4 is 10.5 Å². The monoisotopic (exact) mass is 373 g/mol. The van der Waals surface area contributed by atoms with Gasteiger partial charge in [-0.15, -0.1) is 24.5 Å². The third-order valence-corrected chi connectivity index (χ3v) is 4.30. The Balaban J connectivity index is 2.32. The molecular formula is C17H18F3NO3S. The smallest absolute Gasteiger partial charge is 0.456 e. The molecule has 136 valence electrons. The molecule has 0 aliphatic carbocycles. The van der Waals surface area contributed by atoms with Crippen LogP contribution in [0.3, 0.4) is 0 Å². The molecule has 4 nitrogen and oxygen atoms in total. The van der Waals surface area contributed by atoms with E-state index < -0.39 is 17.9 Å². The molecule has 0 atom stereocenters. The lowest BCUT2D eigenvalue weighted by molar-refractivity contribution is -0.274. The summed E-state index contributed by atoms with van der Waals surface area (Å²) in [6, 6.07) is 5.40. The first kappa shape index (κ1) is 19.1. The maximum absolute atomic E-state index is 12.3. The average molecular weight is 373 g/mol. The summed E-state index contributed by atoms with van der Waals surface area (Å²) in [5.41, 5.74) is 6.85. The molecule has 0 aliphatic rings. The number of nitrogens with two attached hydrogens (primary N) is 1. The van der Waals surface area contributed by atoms with Gasteiger partial charge in [-0.25, -0.2) is 4.79 Å². The number of rotatable bonds is 3. The molecule has 25 heavy (non-hydrogen) atoms. The average Bonchev–Trinajstić information content (AvgIpc) is 2.71. The van der Waals surface area contributed by atoms with Crippen molar-refractivity contribution in [3.05, 3.63) is 35.4 Å². The Kier molecular flexibility index (Phi) is 5.04. The lowest BCUT2D eigenvalue weighted by Gasteiger charge is -2.19. The highest BCUT2D eigenvalue weighted by Crippen LogP contribution is 2.39. The van der Waals surface area contributed by atoms with E-state index in [-0.39, 0.29) is 11.3 Å². The summed E-state index contributed by atoms with van der Waals surface area (Å²) in [7, 11) is 0. The van der Waals surface area contributed by atoms with Gasteiger partial charge < -0.3 is 15.2 Å². The number of benzene rings is 1. The number of thiophene rings is 1. The van der Waals surface area contributed by atoms with Crippen molar-refractivity contribution in [2.45, 2.75) is 39.7 Å². The van der Waals surface area contributed by atoms with Gasteiger partial charge in [0.15, 0.2) is 0 Å². The second-order valence-corrected chi connectivity index (χ2v) is 7.42. The van der Waals surface area contributed by atoms with Crippen LogP contribution >= 0.6 is 11.3 Å². The standard InChI is InChI=1S/C17H18F3NO3S/c1-9-12(15(22)24-16(2,3)4)14(21)25-13(9)10-5-7-11(8-6-10)23-17(18,19)20/h5-8H,21H2,1-4H3. The Morgan fingerprint density at radius 2 is 1.68 bits per heavy atom. The van der Waals surface area contributed by atoms with Crippen molar-refractivity contribution >= 4 is 22.3 Å². The number of hydrogen-bond acceptors (Lipinski definition) is 5. The van der Waals surface area contributed by atoms with E-state index in [1.54, 1.807) is 27.7 Å². The molecule has 2 rings (SSSR count). The third-order valence-electron chi connectivity index (χ3n) is 3.13. The van der Waals surface area contributed by atoms with Crippen LogP contribution in [0.2, 0.25) is 0 Å². The van der Waals surface area contributed by atoms with Gasteiger partial charge in [0, 0.05) is 4.88 Å². The van der Waals surface area contributed by atoms with Crippen LogP contribution in [0, 0.1) is 6.92 Å². The number of halogens is 3. The van der Waals surface area contributed by atoms with Crippen molar-refractivity contribution in [2.24, 2.45) is 0 Å². The number of alkyl halides is 3. The van der Waals surface area contributed by atoms with Crippen LogP contribution in [-0.2, 0) is 4.74 Å². The van der Waals surface area contributed by atoms with Crippen LogP contribution in [0.25, 0.3) is 10.4 Å². The molecule has 0 unspecified atom stereocenters. The topological polar surface area (TPSA) is 61.5 Å². The Morgan fingerprint density at radius 3 is 2.16 bits per heavy atom. The van der Waals surface area contributed by atoms with Crippen molar-refractivity contribution in [2.75, 3.05) is 5.73 Å². The summed E-state index contributed by atoms with van der Waals surface area (Å²) >= 11 is 1.18. The number of carbonyl (C=O) groups is 1. The normalized spacial score (nSPS) is 12.1. The SMILES string of the molecule is Cc1c(-c2ccc(OC(F)(F)F)cc2)sc(N)c1C(=O)OC(C)(C)C. The zero-order valence-corrected chi connectivity index (χ0v) is 15.0. The molecule has 8 heteroatoms. The second kappa shape index (κ2) is 6.59. The number of nitrogen functional groups attached to an aromatic ring is 1. The summed E-state index contributed by atoms with van der Waals surface area (Å²) in [4.78, 5) is 13.0. The summed E-state index contributed by atoms with van der Waals surface area (Å²) in [6.45, 7) is 6.98. The molecule has 0 saturated carbocycles. The molecule has 1 aromatic carbocycles. The van der Waals surface area contributed by atoms with E-state index in [4.69, 9.17) is 10.5 Å². The maximum Gasteiger partial charge on any atom is 0.573 e. The molecule has 1 aromatic heterocycles. The molecule has 0 saturated heterocycles. The minimum absolute atomic E-state index is 0.283. The Morgan fingerprint density at radius 1 is 1.12 bits per heavy atom. The van der Waals surface area contributed by atoms with Gasteiger partial charge in [0.05, 0.1) is 5.56 Å². The first-order valence-electron chi connectivity index (χ1n) is 7.36. The van der Waals surface area contributed by atoms with Gasteiger partial charge in [0.25, 0.3) is 0 Å². The summed E-state index contributed by atoms with van der Waals surface area (Å²) in [5.74, 6) is -0.840. The Hall–Kier alpha value is -2.22. The lowest BCUT2D eigenvalue weighted by atomic mass is 10.1. The molecule has 0 bridgehead atoms. The quantitative estimate of drug-likeness (QED) is 0.755. The lowest BCUT2D eigenvalue weighted by Crippen LogP contribution is -2.24. The van der Waals surface area contributed by atoms with E-state index in [2.05, 4.69) is 4.74 Å². The largest absolute Gasteiger partial charge is 0.573 e. The fourth-order valence-electron chi connectivity index (χ4n) is 2.20. The van der Waals surface area contributed by atoms with Gasteiger partial charge in [-0.3, -0.25) is 0 Å². The van der Waals surface area contributed by atoms with Crippen molar-refractivity contribution in [3.63, 3.8) is 0 Å². The van der Waals surface area contributed by atoms with E-state index in [0.717, 1.165) is 0 Å². The first-order valence-corrected chi connectivity index (χ1v) is 8.17. The summed E-state index contributed by atoms with van der Waals surface area (Å²) in [5, 5.41) is 0.303. The van der Waals surface area contributed by atoms with Gasteiger partial charge in [0.1, 0.15) is 16.4 Å². The minimum atomic E-state index is -4.74. The highest BCUT2D eigenvalue weighted by molar-refractivity contribution is 7.19. The maximum atomic E-state index is 12.3. The van der Waals surface area contributed by atoms with Crippen LogP contribution in [-0.4, -0.2) is 17.9 Å². The highest BCUT2D eigenvalue weighted by Gasteiger charge is 2.31. The number of hydrogen-bond donors (Lipinski definition) is 1. The van der Waals surface area contributed by atoms with Gasteiger partial charge >= 0.3 is 12.3 Å². The third kappa shape index (κ3) is 4.88. The number of esters is 1. The Bertz CT molecular complexity index is 774. The number of carbonyl (C=O) groups excluding carboxylic acids is 1. The fraction of sp³-hybridized carbons (Fsp3) is 0.353. The first-order chi connectivity index (χ1) is 11.4. The molecule has 0 fully saturated rings. The Labute approximate surface area is 147 Å². The fourth-order valence-corrected chi connectivity index (χ4v) is 3.27. The second-order valence-electron chi connectivity index (χ2n) is 6.37. The van der Waals surface area contributed by atoms with Gasteiger partial charge in [0.2, 0.25) is 0 Å². The molecule has 0 aliphatic heterocycles. The van der Waals surface area contributed by atoms with E-state index in [1.807, 2.05) is 0 Å². The molecule has 0 radical (unpaired) electrons. The summed E-state index contributed by atoms with van der Waals surface area (Å²) in [6.07, 6.45) is -4.74. The van der Waals surface area contributed by atoms with Crippen molar-refractivity contribution in [3.8, 4) is 16.2 Å². The van der Waals surface area contributed by atoms with Crippen molar-refractivity contribution < 1.29 is 27.4 Å². The van der Waals surface area contributed by atoms with E-state index in [1.165, 1.54) is 35.6 Å². The number of anilines is 1. The van der Waals surface area contributed by atoms with Crippen LogP contribution in [0.4, 0.5) is 18.2 Å². The van der Waals surface area contributed by atoms with Crippen LogP contribution in [0.5, 0.6) is 5.75 Å². The predicted molar refractivity (Wildman–Crippen MR) is 90.8 cm³/mol. The molecule has 1 heterocycles. The van der Waals surface area contributed by atoms with Crippen molar-refractivity contribution in [1.29, 1.82) is 0 Å². The molecule has 2 N–H and O–H groups in total. The van der Waals surface area contributed by atoms with Crippen LogP contribution in [0.1, 0.15) is 36.7 Å². The van der Waals surface area contributed by atoms with Gasteiger partial charge in [-0.2, -0.15) is 0 Å².